The Morgan fingerprint density at radius 1 is 1.17 bits per heavy atom. The Hall–Kier alpha value is -2.97. The highest BCUT2D eigenvalue weighted by molar-refractivity contribution is 7.99. The van der Waals surface area contributed by atoms with E-state index in [1.54, 1.807) is 16.4 Å². The van der Waals surface area contributed by atoms with Crippen molar-refractivity contribution in [3.05, 3.63) is 76.0 Å². The Bertz CT molecular complexity index is 1230. The number of carbonyl (C=O) groups excluding carboxylic acids is 1. The normalized spacial score (nSPS) is 14.9. The lowest BCUT2D eigenvalue weighted by Crippen LogP contribution is -2.29. The molecule has 9 heteroatoms. The summed E-state index contributed by atoms with van der Waals surface area (Å²) in [5.74, 6) is 1.81. The van der Waals surface area contributed by atoms with Crippen molar-refractivity contribution in [3.8, 4) is 5.75 Å². The number of esters is 1. The van der Waals surface area contributed by atoms with E-state index in [1.165, 1.54) is 0 Å². The number of benzene rings is 2. The van der Waals surface area contributed by atoms with Gasteiger partial charge in [-0.1, -0.05) is 67.5 Å². The lowest BCUT2D eigenvalue weighted by molar-refractivity contribution is -0.139. The Kier molecular flexibility index (Phi) is 8.36. The molecular formula is C26H29ClN4O3S. The van der Waals surface area contributed by atoms with E-state index in [-0.39, 0.29) is 5.97 Å². The first-order chi connectivity index (χ1) is 17.0. The summed E-state index contributed by atoms with van der Waals surface area (Å²) in [6.45, 7) is 6.64. The molecule has 184 valence electrons. The number of ether oxygens (including phenoxy) is 2. The number of carbonyl (C=O) groups is 1. The highest BCUT2D eigenvalue weighted by Crippen LogP contribution is 2.38. The van der Waals surface area contributed by atoms with Gasteiger partial charge in [-0.3, -0.25) is 0 Å². The predicted octanol–water partition coefficient (Wildman–Crippen LogP) is 6.25. The van der Waals surface area contributed by atoms with Crippen LogP contribution in [0.3, 0.4) is 0 Å². The molecule has 0 fully saturated rings. The van der Waals surface area contributed by atoms with Gasteiger partial charge in [0.2, 0.25) is 11.1 Å². The number of allylic oxidation sites excluding steroid dienone is 1. The van der Waals surface area contributed by atoms with Gasteiger partial charge in [-0.25, -0.2) is 9.48 Å². The SMILES string of the molecule is CCCOC(=O)C1=C(C)Nc2nc(SCCC)nn2C1c1cccc(OCc2ccccc2Cl)c1. The number of hydrogen-bond donors (Lipinski definition) is 1. The zero-order valence-corrected chi connectivity index (χ0v) is 21.7. The first-order valence-corrected chi connectivity index (χ1v) is 13.1. The van der Waals surface area contributed by atoms with Crippen LogP contribution in [0.25, 0.3) is 0 Å². The fraction of sp³-hybridized carbons (Fsp3) is 0.346. The van der Waals surface area contributed by atoms with Crippen LogP contribution in [-0.4, -0.2) is 33.1 Å². The van der Waals surface area contributed by atoms with E-state index < -0.39 is 6.04 Å². The molecule has 3 aromatic rings. The van der Waals surface area contributed by atoms with E-state index in [0.29, 0.717) is 46.4 Å². The Labute approximate surface area is 214 Å². The Morgan fingerprint density at radius 2 is 2.00 bits per heavy atom. The molecule has 0 radical (unpaired) electrons. The minimum Gasteiger partial charge on any atom is -0.489 e. The molecule has 0 saturated carbocycles. The molecule has 4 rings (SSSR count). The van der Waals surface area contributed by atoms with Gasteiger partial charge in [-0.05, 0) is 43.5 Å². The third-order valence-electron chi connectivity index (χ3n) is 5.45. The van der Waals surface area contributed by atoms with Crippen molar-refractivity contribution >= 4 is 35.3 Å². The van der Waals surface area contributed by atoms with Crippen LogP contribution < -0.4 is 10.1 Å². The quantitative estimate of drug-likeness (QED) is 0.254. The number of fused-ring (bicyclic) bond motifs is 1. The molecule has 1 unspecified atom stereocenters. The van der Waals surface area contributed by atoms with Crippen LogP contribution in [-0.2, 0) is 16.1 Å². The van der Waals surface area contributed by atoms with Gasteiger partial charge in [0.15, 0.2) is 0 Å². The maximum atomic E-state index is 13.1. The molecule has 0 amide bonds. The smallest absolute Gasteiger partial charge is 0.338 e. The molecular weight excluding hydrogens is 484 g/mol. The molecule has 0 spiro atoms. The Balaban J connectivity index is 1.69. The Morgan fingerprint density at radius 3 is 2.77 bits per heavy atom. The molecule has 0 bridgehead atoms. The molecule has 1 N–H and O–H groups in total. The van der Waals surface area contributed by atoms with Gasteiger partial charge in [0.25, 0.3) is 0 Å². The van der Waals surface area contributed by atoms with Crippen LogP contribution in [0.2, 0.25) is 5.02 Å². The molecule has 1 aliphatic rings. The first-order valence-electron chi connectivity index (χ1n) is 11.7. The van der Waals surface area contributed by atoms with Gasteiger partial charge < -0.3 is 14.8 Å². The molecule has 1 aromatic heterocycles. The average molecular weight is 513 g/mol. The second kappa shape index (κ2) is 11.6. The molecule has 0 saturated heterocycles. The average Bonchev–Trinajstić information content (AvgIpc) is 3.27. The number of hydrogen-bond acceptors (Lipinski definition) is 7. The number of rotatable bonds is 10. The summed E-state index contributed by atoms with van der Waals surface area (Å²) in [4.78, 5) is 17.8. The summed E-state index contributed by atoms with van der Waals surface area (Å²) < 4.78 is 13.4. The van der Waals surface area contributed by atoms with Crippen molar-refractivity contribution in [2.24, 2.45) is 0 Å². The van der Waals surface area contributed by atoms with E-state index >= 15 is 0 Å². The maximum absolute atomic E-state index is 13.1. The van der Waals surface area contributed by atoms with Gasteiger partial charge in [0.1, 0.15) is 18.4 Å². The van der Waals surface area contributed by atoms with Crippen LogP contribution >= 0.6 is 23.4 Å². The van der Waals surface area contributed by atoms with Crippen molar-refractivity contribution in [2.45, 2.75) is 51.4 Å². The van der Waals surface area contributed by atoms with E-state index in [4.69, 9.17) is 26.2 Å². The third kappa shape index (κ3) is 5.82. The van der Waals surface area contributed by atoms with Crippen molar-refractivity contribution in [1.82, 2.24) is 14.8 Å². The molecule has 1 atom stereocenters. The molecule has 0 aliphatic carbocycles. The topological polar surface area (TPSA) is 78.3 Å². The summed E-state index contributed by atoms with van der Waals surface area (Å²) >= 11 is 7.88. The number of anilines is 1. The second-order valence-electron chi connectivity index (χ2n) is 8.17. The maximum Gasteiger partial charge on any atom is 0.338 e. The van der Waals surface area contributed by atoms with E-state index in [9.17, 15) is 4.79 Å². The van der Waals surface area contributed by atoms with E-state index in [1.807, 2.05) is 62.4 Å². The molecule has 2 heterocycles. The number of nitrogens with zero attached hydrogens (tertiary/aromatic N) is 3. The van der Waals surface area contributed by atoms with Crippen molar-refractivity contribution < 1.29 is 14.3 Å². The molecule has 2 aromatic carbocycles. The zero-order chi connectivity index (χ0) is 24.8. The predicted molar refractivity (Wildman–Crippen MR) is 139 cm³/mol. The zero-order valence-electron chi connectivity index (χ0n) is 20.1. The summed E-state index contributed by atoms with van der Waals surface area (Å²) in [6.07, 6.45) is 1.76. The summed E-state index contributed by atoms with van der Waals surface area (Å²) in [5.41, 5.74) is 2.96. The van der Waals surface area contributed by atoms with Gasteiger partial charge >= 0.3 is 5.97 Å². The van der Waals surface area contributed by atoms with Gasteiger partial charge in [-0.2, -0.15) is 4.98 Å². The lowest BCUT2D eigenvalue weighted by Gasteiger charge is -2.28. The molecule has 1 aliphatic heterocycles. The number of halogens is 1. The van der Waals surface area contributed by atoms with Crippen LogP contribution in [0.4, 0.5) is 5.95 Å². The van der Waals surface area contributed by atoms with Gasteiger partial charge in [0, 0.05) is 22.0 Å². The standard InChI is InChI=1S/C26H29ClN4O3S/c1-4-13-33-24(32)22-17(3)28-25-29-26(35-14-5-2)30-31(25)23(22)18-10-8-11-20(15-18)34-16-19-9-6-7-12-21(19)27/h6-12,15,23H,4-5,13-14,16H2,1-3H3,(H,28,29,30). The van der Waals surface area contributed by atoms with Crippen LogP contribution in [0.5, 0.6) is 5.75 Å². The number of aromatic nitrogens is 3. The van der Waals surface area contributed by atoms with Gasteiger partial charge in [-0.15, -0.1) is 5.10 Å². The molecule has 35 heavy (non-hydrogen) atoms. The van der Waals surface area contributed by atoms with Crippen molar-refractivity contribution in [2.75, 3.05) is 17.7 Å². The van der Waals surface area contributed by atoms with Crippen LogP contribution in [0, 0.1) is 0 Å². The monoisotopic (exact) mass is 512 g/mol. The molecule has 7 nitrogen and oxygen atoms in total. The third-order valence-corrected chi connectivity index (χ3v) is 6.86. The first kappa shape index (κ1) is 25.1. The summed E-state index contributed by atoms with van der Waals surface area (Å²) in [7, 11) is 0. The van der Waals surface area contributed by atoms with Gasteiger partial charge in [0.05, 0.1) is 12.2 Å². The largest absolute Gasteiger partial charge is 0.489 e. The number of nitrogens with one attached hydrogen (secondary N) is 1. The minimum absolute atomic E-state index is 0.335. The van der Waals surface area contributed by atoms with Crippen molar-refractivity contribution in [3.63, 3.8) is 0 Å². The van der Waals surface area contributed by atoms with E-state index in [2.05, 4.69) is 17.2 Å². The summed E-state index contributed by atoms with van der Waals surface area (Å²) in [6, 6.07) is 14.8. The van der Waals surface area contributed by atoms with E-state index in [0.717, 1.165) is 29.7 Å². The lowest BCUT2D eigenvalue weighted by atomic mass is 9.95. The highest BCUT2D eigenvalue weighted by atomic mass is 35.5. The highest BCUT2D eigenvalue weighted by Gasteiger charge is 2.35. The minimum atomic E-state index is -0.497. The van der Waals surface area contributed by atoms with Crippen LogP contribution in [0.15, 0.2) is 65.0 Å². The van der Waals surface area contributed by atoms with Crippen molar-refractivity contribution in [1.29, 1.82) is 0 Å². The fourth-order valence-corrected chi connectivity index (χ4v) is 4.66. The number of thioether (sulfide) groups is 1. The van der Waals surface area contributed by atoms with Crippen LogP contribution in [0.1, 0.15) is 50.8 Å². The second-order valence-corrected chi connectivity index (χ2v) is 9.63. The summed E-state index contributed by atoms with van der Waals surface area (Å²) in [5, 5.41) is 9.30. The fourth-order valence-electron chi connectivity index (χ4n) is 3.78.